The summed E-state index contributed by atoms with van der Waals surface area (Å²) in [6, 6.07) is 7.78. The van der Waals surface area contributed by atoms with Crippen LogP contribution in [0.5, 0.6) is 5.75 Å². The summed E-state index contributed by atoms with van der Waals surface area (Å²) in [5.41, 5.74) is 2.48. The van der Waals surface area contributed by atoms with Crippen LogP contribution in [-0.4, -0.2) is 20.2 Å². The zero-order valence-electron chi connectivity index (χ0n) is 10.8. The predicted octanol–water partition coefficient (Wildman–Crippen LogP) is 3.16. The van der Waals surface area contributed by atoms with E-state index < -0.39 is 0 Å². The van der Waals surface area contributed by atoms with Gasteiger partial charge in [0.1, 0.15) is 5.75 Å². The van der Waals surface area contributed by atoms with Crippen LogP contribution in [0.4, 0.5) is 5.69 Å². The number of carbonyl (C=O) groups excluding carboxylic acids is 1. The molecule has 0 radical (unpaired) electrons. The quantitative estimate of drug-likeness (QED) is 0.853. The van der Waals surface area contributed by atoms with Crippen molar-refractivity contribution in [2.75, 3.05) is 19.5 Å². The summed E-state index contributed by atoms with van der Waals surface area (Å²) in [7, 11) is 3.02. The molecule has 0 saturated heterocycles. The highest BCUT2D eigenvalue weighted by Crippen LogP contribution is 2.22. The minimum atomic E-state index is -0.321. The lowest BCUT2D eigenvalue weighted by Crippen LogP contribution is -2.06. The van der Waals surface area contributed by atoms with E-state index in [0.29, 0.717) is 12.1 Å². The van der Waals surface area contributed by atoms with Gasteiger partial charge in [-0.05, 0) is 17.7 Å². The Kier molecular flexibility index (Phi) is 4.41. The second kappa shape index (κ2) is 6.24. The van der Waals surface area contributed by atoms with Crippen LogP contribution < -0.4 is 10.1 Å². The van der Waals surface area contributed by atoms with Gasteiger partial charge in [-0.3, -0.25) is 0 Å². The van der Waals surface area contributed by atoms with E-state index in [-0.39, 0.29) is 5.97 Å². The van der Waals surface area contributed by atoms with Crippen LogP contribution in [0, 0.1) is 0 Å². The molecule has 0 bridgehead atoms. The molecule has 0 aliphatic carbocycles. The number of anilines is 1. The normalized spacial score (nSPS) is 10.0. The molecule has 0 fully saturated rings. The molecule has 1 N–H and O–H groups in total. The van der Waals surface area contributed by atoms with Crippen molar-refractivity contribution in [3.05, 3.63) is 46.2 Å². The Morgan fingerprint density at radius 1 is 1.21 bits per heavy atom. The molecule has 0 saturated carbocycles. The van der Waals surface area contributed by atoms with E-state index in [2.05, 4.69) is 5.32 Å². The summed E-state index contributed by atoms with van der Waals surface area (Å²) in [6.45, 7) is 0.644. The Labute approximate surface area is 116 Å². The van der Waals surface area contributed by atoms with Crippen molar-refractivity contribution in [2.45, 2.75) is 6.54 Å². The lowest BCUT2D eigenvalue weighted by molar-refractivity contribution is 0.0602. The maximum absolute atomic E-state index is 11.5. The Bertz CT molecular complexity index is 548. The molecule has 1 aromatic carbocycles. The lowest BCUT2D eigenvalue weighted by Gasteiger charge is -2.07. The topological polar surface area (TPSA) is 47.6 Å². The number of rotatable bonds is 5. The molecule has 0 unspecified atom stereocenters. The Morgan fingerprint density at radius 2 is 1.95 bits per heavy atom. The largest absolute Gasteiger partial charge is 0.497 e. The van der Waals surface area contributed by atoms with Crippen molar-refractivity contribution < 1.29 is 14.3 Å². The van der Waals surface area contributed by atoms with Gasteiger partial charge in [0.2, 0.25) is 0 Å². The SMILES string of the molecule is COC(=O)c1cscc1NCc1ccc(OC)cc1. The number of hydrogen-bond donors (Lipinski definition) is 1. The first-order valence-corrected chi connectivity index (χ1v) is 6.70. The molecule has 2 aromatic rings. The maximum atomic E-state index is 11.5. The van der Waals surface area contributed by atoms with Gasteiger partial charge < -0.3 is 14.8 Å². The molecular weight excluding hydrogens is 262 g/mol. The number of carbonyl (C=O) groups is 1. The van der Waals surface area contributed by atoms with Gasteiger partial charge in [0.25, 0.3) is 0 Å². The summed E-state index contributed by atoms with van der Waals surface area (Å²) < 4.78 is 9.83. The first-order chi connectivity index (χ1) is 9.24. The number of thiophene rings is 1. The Balaban J connectivity index is 2.02. The standard InChI is InChI=1S/C14H15NO3S/c1-17-11-5-3-10(4-6-11)7-15-13-9-19-8-12(13)14(16)18-2/h3-6,8-9,15H,7H2,1-2H3. The van der Waals surface area contributed by atoms with E-state index >= 15 is 0 Å². The number of benzene rings is 1. The highest BCUT2D eigenvalue weighted by molar-refractivity contribution is 7.08. The summed E-state index contributed by atoms with van der Waals surface area (Å²) in [4.78, 5) is 11.5. The van der Waals surface area contributed by atoms with Crippen LogP contribution in [0.2, 0.25) is 0 Å². The zero-order valence-corrected chi connectivity index (χ0v) is 11.6. The molecule has 4 nitrogen and oxygen atoms in total. The zero-order chi connectivity index (χ0) is 13.7. The molecule has 0 amide bonds. The fraction of sp³-hybridized carbons (Fsp3) is 0.214. The van der Waals surface area contributed by atoms with Gasteiger partial charge in [-0.15, -0.1) is 11.3 Å². The van der Waals surface area contributed by atoms with Crippen molar-refractivity contribution in [3.8, 4) is 5.75 Å². The molecular formula is C14H15NO3S. The summed E-state index contributed by atoms with van der Waals surface area (Å²) >= 11 is 1.47. The fourth-order valence-corrected chi connectivity index (χ4v) is 2.42. The average molecular weight is 277 g/mol. The maximum Gasteiger partial charge on any atom is 0.340 e. The van der Waals surface area contributed by atoms with E-state index in [0.717, 1.165) is 17.0 Å². The summed E-state index contributed by atoms with van der Waals surface area (Å²) in [6.07, 6.45) is 0. The van der Waals surface area contributed by atoms with E-state index in [1.54, 1.807) is 12.5 Å². The average Bonchev–Trinajstić information content (AvgIpc) is 2.93. The Hall–Kier alpha value is -2.01. The number of ether oxygens (including phenoxy) is 2. The van der Waals surface area contributed by atoms with Crippen LogP contribution in [0.15, 0.2) is 35.0 Å². The van der Waals surface area contributed by atoms with Gasteiger partial charge >= 0.3 is 5.97 Å². The van der Waals surface area contributed by atoms with E-state index in [1.807, 2.05) is 29.6 Å². The van der Waals surface area contributed by atoms with Gasteiger partial charge in [-0.25, -0.2) is 4.79 Å². The molecule has 0 aliphatic rings. The van der Waals surface area contributed by atoms with E-state index in [1.165, 1.54) is 18.4 Å². The molecule has 0 aliphatic heterocycles. The molecule has 0 spiro atoms. The monoisotopic (exact) mass is 277 g/mol. The molecule has 19 heavy (non-hydrogen) atoms. The van der Waals surface area contributed by atoms with Crippen LogP contribution in [0.3, 0.4) is 0 Å². The third-order valence-electron chi connectivity index (χ3n) is 2.71. The van der Waals surface area contributed by atoms with Crippen LogP contribution in [0.1, 0.15) is 15.9 Å². The van der Waals surface area contributed by atoms with Gasteiger partial charge in [0.05, 0.1) is 25.5 Å². The highest BCUT2D eigenvalue weighted by Gasteiger charge is 2.12. The third kappa shape index (κ3) is 3.26. The minimum Gasteiger partial charge on any atom is -0.497 e. The second-order valence-electron chi connectivity index (χ2n) is 3.89. The van der Waals surface area contributed by atoms with Crippen molar-refractivity contribution >= 4 is 23.0 Å². The van der Waals surface area contributed by atoms with Gasteiger partial charge in [-0.2, -0.15) is 0 Å². The number of nitrogens with one attached hydrogen (secondary N) is 1. The van der Waals surface area contributed by atoms with E-state index in [4.69, 9.17) is 9.47 Å². The molecule has 1 heterocycles. The van der Waals surface area contributed by atoms with Crippen LogP contribution in [0.25, 0.3) is 0 Å². The van der Waals surface area contributed by atoms with Gasteiger partial charge in [0, 0.05) is 17.3 Å². The van der Waals surface area contributed by atoms with E-state index in [9.17, 15) is 4.79 Å². The molecule has 2 rings (SSSR count). The van der Waals surface area contributed by atoms with Gasteiger partial charge in [-0.1, -0.05) is 12.1 Å². The highest BCUT2D eigenvalue weighted by atomic mass is 32.1. The van der Waals surface area contributed by atoms with Gasteiger partial charge in [0.15, 0.2) is 0 Å². The smallest absolute Gasteiger partial charge is 0.340 e. The molecule has 5 heteroatoms. The van der Waals surface area contributed by atoms with Crippen LogP contribution >= 0.6 is 11.3 Å². The van der Waals surface area contributed by atoms with Crippen molar-refractivity contribution in [1.29, 1.82) is 0 Å². The first kappa shape index (κ1) is 13.4. The molecule has 100 valence electrons. The Morgan fingerprint density at radius 3 is 2.58 bits per heavy atom. The summed E-state index contributed by atoms with van der Waals surface area (Å²) in [5, 5.41) is 6.91. The number of methoxy groups -OCH3 is 2. The summed E-state index contributed by atoms with van der Waals surface area (Å²) in [5.74, 6) is 0.507. The number of hydrogen-bond acceptors (Lipinski definition) is 5. The predicted molar refractivity (Wildman–Crippen MR) is 76.0 cm³/mol. The van der Waals surface area contributed by atoms with Crippen molar-refractivity contribution in [2.24, 2.45) is 0 Å². The first-order valence-electron chi connectivity index (χ1n) is 5.76. The molecule has 0 atom stereocenters. The van der Waals surface area contributed by atoms with Crippen molar-refractivity contribution in [1.82, 2.24) is 0 Å². The molecule has 1 aromatic heterocycles. The van der Waals surface area contributed by atoms with Crippen molar-refractivity contribution in [3.63, 3.8) is 0 Å². The third-order valence-corrected chi connectivity index (χ3v) is 3.45. The number of esters is 1. The second-order valence-corrected chi connectivity index (χ2v) is 4.64. The fourth-order valence-electron chi connectivity index (χ4n) is 1.64. The minimum absolute atomic E-state index is 0.321. The lowest BCUT2D eigenvalue weighted by atomic mass is 10.2. The van der Waals surface area contributed by atoms with Crippen LogP contribution in [-0.2, 0) is 11.3 Å².